The molecule has 0 saturated carbocycles. The first kappa shape index (κ1) is 72.0. The highest BCUT2D eigenvalue weighted by atomic mass is 16.1. The Morgan fingerprint density at radius 2 is 0.462 bits per heavy atom. The summed E-state index contributed by atoms with van der Waals surface area (Å²) in [5, 5.41) is 90.7. The van der Waals surface area contributed by atoms with Crippen LogP contribution in [-0.4, -0.2) is 25.8 Å². The average Bonchev–Trinajstić information content (AvgIpc) is 1.38. The molecule has 5 aliphatic carbocycles. The predicted octanol–water partition coefficient (Wildman–Crippen LogP) is 36.8. The van der Waals surface area contributed by atoms with Gasteiger partial charge < -0.3 is 15.3 Å². The second-order valence-corrected chi connectivity index (χ2v) is 53.3. The van der Waals surface area contributed by atoms with Crippen molar-refractivity contribution in [3.8, 4) is 44.5 Å². The van der Waals surface area contributed by atoms with Crippen molar-refractivity contribution in [1.29, 1.82) is 0 Å². The molecule has 664 valence electrons. The SMILES string of the molecule is CC(C)(C)c1cc(-c2c3nc(c(-c4cc(C(C)(C)C)cc(C(C)(C)C)c4)c4ccc([nH]4)c(-c4ccccc4NC(=O)c4ccc5c(c4)CC46c7c8c9c%10c%11c%12c(c%13c%14c4c4c7c7c%15c8c8c9c9c%11c%11c%16c%12c%12c%13c%13c%14c%14c4c4c7c7c%15c%15c8c8c9c%11c9c%11c%16c%12c%12c%13c%13c%14c4c4c7c7c%15c8c9c8c%11c%12c%13c4c78)C%106C5)c4nc(c(-c5cc(C(C)(C)C)cc(C(C)(C)C)c5)c5ccc2[nH]5)C=C4)C=C3)cc(C(C)(C)C)c1. The van der Waals surface area contributed by atoms with Crippen LogP contribution in [-0.2, 0) is 56.2 Å². The standard InChI is InChI=1S/C137H85N5O/c1-130(2,3)51-34-47(35-52(40-51)131(4,5)6)67-59-25-27-61(138-59)68(48-36-53(132(7,8)9)41-54(37-48)133(10,11)12)63-29-31-65(140-63)70(66-32-30-64(141-66)69(62-28-26-60(67)139-62)49-38-55(134(13,14)15)42-56(39-49)135(16,17)18)57-21-19-20-22-58(57)142-129(143)45-23-24-46-43-136-125-117-109-99-89-81-73-71-72-75-79-77(73)85-93-87(79)97-91-83(75)84-76(72)80-78-74(71)82(81)90-96-86(78)94-88(80)98-92(84)102-101(91)111-105(97)115-107(93)113(103(109)95(85)89)121(125)123(115)127-119(111)120-112(102)106(98)116-108(94)114-104(96)110(100(90)99)118(117)126(136)122(114)124(116)128(120)137(127,136)44-50(46)33-45/h19-42,138,141H,43-44H2,1-18H3,(H,142,143). The number of hydrogen-bond acceptors (Lipinski definition) is 3. The maximum atomic E-state index is 17.0. The van der Waals surface area contributed by atoms with E-state index in [-0.39, 0.29) is 38.4 Å². The molecule has 7 aliphatic rings. The van der Waals surface area contributed by atoms with Gasteiger partial charge in [0.2, 0.25) is 0 Å². The maximum Gasteiger partial charge on any atom is 0.255 e. The number of nitrogens with zero attached hydrogens (tertiary/aromatic N) is 2. The Morgan fingerprint density at radius 3 is 0.706 bits per heavy atom. The second-order valence-electron chi connectivity index (χ2n) is 53.3. The van der Waals surface area contributed by atoms with Crippen LogP contribution in [0.5, 0.6) is 0 Å². The summed E-state index contributed by atoms with van der Waals surface area (Å²) < 4.78 is 0. The van der Waals surface area contributed by atoms with Crippen LogP contribution in [0.1, 0.15) is 225 Å². The van der Waals surface area contributed by atoms with Gasteiger partial charge in [-0.3, -0.25) is 4.79 Å². The van der Waals surface area contributed by atoms with Crippen LogP contribution < -0.4 is 5.32 Å². The van der Waals surface area contributed by atoms with E-state index < -0.39 is 10.8 Å². The van der Waals surface area contributed by atoms with Crippen molar-refractivity contribution < 1.29 is 4.79 Å². The highest BCUT2D eigenvalue weighted by molar-refractivity contribution is 6.82. The van der Waals surface area contributed by atoms with Gasteiger partial charge in [0.05, 0.1) is 22.8 Å². The first-order valence-corrected chi connectivity index (χ1v) is 52.7. The molecule has 0 atom stereocenters. The van der Waals surface area contributed by atoms with Crippen LogP contribution in [0, 0.1) is 0 Å². The Labute approximate surface area is 814 Å². The Balaban J connectivity index is 0.559. The number of H-pyrrole nitrogens is 2. The summed E-state index contributed by atoms with van der Waals surface area (Å²) in [6.45, 7) is 42.1. The van der Waals surface area contributed by atoms with Gasteiger partial charge in [-0.1, -0.05) is 203 Å². The fourth-order valence-corrected chi connectivity index (χ4v) is 36.2. The normalized spacial score (nSPS) is 18.0. The number of carbonyl (C=O) groups is 1. The molecule has 3 N–H and O–H groups in total. The van der Waals surface area contributed by atoms with Crippen molar-refractivity contribution >= 4 is 349 Å². The Morgan fingerprint density at radius 1 is 0.245 bits per heavy atom. The van der Waals surface area contributed by atoms with Gasteiger partial charge in [-0.15, -0.1) is 0 Å². The number of amides is 1. The van der Waals surface area contributed by atoms with Crippen LogP contribution in [0.2, 0.25) is 0 Å². The fraction of sp³-hybridized carbons (Fsp3) is 0.204. The van der Waals surface area contributed by atoms with Crippen molar-refractivity contribution in [2.75, 3.05) is 5.32 Å². The average molecular weight is 1820 g/mol. The molecular formula is C137H85N5O. The lowest BCUT2D eigenvalue weighted by molar-refractivity contribution is 0.102. The van der Waals surface area contributed by atoms with Gasteiger partial charge in [0.1, 0.15) is 0 Å². The largest absolute Gasteiger partial charge is 0.354 e. The first-order valence-electron chi connectivity index (χ1n) is 52.7. The van der Waals surface area contributed by atoms with E-state index in [1.807, 2.05) is 0 Å². The summed E-state index contributed by atoms with van der Waals surface area (Å²) in [5.41, 5.74) is 31.5. The third-order valence-corrected chi connectivity index (χ3v) is 41.1. The Hall–Kier alpha value is -15.4. The van der Waals surface area contributed by atoms with E-state index in [4.69, 9.17) is 9.97 Å². The molecule has 0 saturated heterocycles. The molecule has 0 fully saturated rings. The number of aromatic nitrogens is 4. The molecule has 33 aromatic carbocycles. The molecule has 5 heterocycles. The third kappa shape index (κ3) is 6.37. The van der Waals surface area contributed by atoms with E-state index in [1.165, 1.54) is 44.5 Å². The molecule has 6 heteroatoms. The topological polar surface area (TPSA) is 86.5 Å². The van der Waals surface area contributed by atoms with Gasteiger partial charge in [-0.25, -0.2) is 9.97 Å². The first-order chi connectivity index (χ1) is 68.7. The lowest BCUT2D eigenvalue weighted by Crippen LogP contribution is -2.56. The van der Waals surface area contributed by atoms with Gasteiger partial charge >= 0.3 is 0 Å². The van der Waals surface area contributed by atoms with Gasteiger partial charge in [-0.05, 0) is 486 Å². The minimum atomic E-state index is -0.516. The van der Waals surface area contributed by atoms with E-state index in [0.717, 1.165) is 102 Å². The molecule has 1 amide bonds. The van der Waals surface area contributed by atoms with Gasteiger partial charge in [0, 0.05) is 72.0 Å². The molecule has 36 aromatic rings. The van der Waals surface area contributed by atoms with E-state index in [0.29, 0.717) is 11.3 Å². The molecule has 43 rings (SSSR count). The summed E-state index contributed by atoms with van der Waals surface area (Å²) in [6, 6.07) is 46.7. The maximum absolute atomic E-state index is 17.0. The summed E-state index contributed by atoms with van der Waals surface area (Å²) in [7, 11) is 0. The zero-order valence-electron chi connectivity index (χ0n) is 82.6. The van der Waals surface area contributed by atoms with Crippen LogP contribution in [0.4, 0.5) is 5.69 Å². The zero-order chi connectivity index (χ0) is 94.0. The van der Waals surface area contributed by atoms with Crippen molar-refractivity contribution in [1.82, 2.24) is 19.9 Å². The zero-order valence-corrected chi connectivity index (χ0v) is 82.6. The molecule has 8 bridgehead atoms. The van der Waals surface area contributed by atoms with E-state index >= 15 is 4.79 Å². The highest BCUT2D eigenvalue weighted by Crippen LogP contribution is 2.86. The second kappa shape index (κ2) is 19.7. The summed E-state index contributed by atoms with van der Waals surface area (Å²) >= 11 is 0. The van der Waals surface area contributed by atoms with Crippen molar-refractivity contribution in [2.24, 2.45) is 0 Å². The number of anilines is 1. The lowest BCUT2D eigenvalue weighted by Gasteiger charge is -2.57. The summed E-state index contributed by atoms with van der Waals surface area (Å²) in [5.74, 6) is -0.124. The number of nitrogens with one attached hydrogen (secondary N) is 3. The summed E-state index contributed by atoms with van der Waals surface area (Å²) in [4.78, 5) is 37.6. The molecule has 0 unspecified atom stereocenters. The fourth-order valence-electron chi connectivity index (χ4n) is 36.2. The number of para-hydroxylation sites is 1. The number of rotatable bonds is 6. The van der Waals surface area contributed by atoms with Crippen molar-refractivity contribution in [2.45, 2.75) is 181 Å². The minimum Gasteiger partial charge on any atom is -0.354 e. The quantitative estimate of drug-likeness (QED) is 0.145. The van der Waals surface area contributed by atoms with Gasteiger partial charge in [-0.2, -0.15) is 0 Å². The van der Waals surface area contributed by atoms with Crippen LogP contribution in [0.3, 0.4) is 0 Å². The summed E-state index contributed by atoms with van der Waals surface area (Å²) in [6.07, 6.45) is 10.7. The van der Waals surface area contributed by atoms with Crippen LogP contribution in [0.15, 0.2) is 121 Å². The number of carbonyl (C=O) groups excluding carboxylic acids is 1. The molecule has 0 radical (unpaired) electrons. The number of hydrogen-bond donors (Lipinski definition) is 3. The third-order valence-electron chi connectivity index (χ3n) is 41.1. The minimum absolute atomic E-state index is 0.124. The van der Waals surface area contributed by atoms with Gasteiger partial charge in [0.15, 0.2) is 0 Å². The number of benzene rings is 23. The predicted molar refractivity (Wildman–Crippen MR) is 608 cm³/mol. The van der Waals surface area contributed by atoms with Crippen molar-refractivity contribution in [3.05, 3.63) is 216 Å². The molecule has 2 spiro atoms. The molecule has 2 aliphatic heterocycles. The number of aromatic amines is 2. The van der Waals surface area contributed by atoms with E-state index in [9.17, 15) is 0 Å². The highest BCUT2D eigenvalue weighted by Gasteiger charge is 2.71. The Kier molecular flexibility index (Phi) is 9.91. The molecule has 143 heavy (non-hydrogen) atoms. The Bertz CT molecular complexity index is 12000. The molecular weight excluding hydrogens is 1730 g/mol. The lowest BCUT2D eigenvalue weighted by atomic mass is 9.43. The van der Waals surface area contributed by atoms with Crippen molar-refractivity contribution in [3.63, 3.8) is 0 Å². The number of fused-ring (bicyclic) bond motifs is 9. The van der Waals surface area contributed by atoms with Gasteiger partial charge in [0.25, 0.3) is 5.91 Å². The molecule has 6 nitrogen and oxygen atoms in total. The van der Waals surface area contributed by atoms with Crippen LogP contribution >= 0.6 is 0 Å². The van der Waals surface area contributed by atoms with E-state index in [2.05, 4.69) is 286 Å². The van der Waals surface area contributed by atoms with Crippen LogP contribution in [0.25, 0.3) is 382 Å². The van der Waals surface area contributed by atoms with E-state index in [1.54, 1.807) is 313 Å². The molecule has 3 aromatic heterocycles. The smallest absolute Gasteiger partial charge is 0.255 e. The monoisotopic (exact) mass is 1820 g/mol.